The van der Waals surface area contributed by atoms with Crippen molar-refractivity contribution in [1.82, 2.24) is 4.68 Å². The van der Waals surface area contributed by atoms with Crippen molar-refractivity contribution in [3.63, 3.8) is 0 Å². The quantitative estimate of drug-likeness (QED) is 0.548. The van der Waals surface area contributed by atoms with E-state index >= 15 is 0 Å². The summed E-state index contributed by atoms with van der Waals surface area (Å²) in [6, 6.07) is 7.98. The monoisotopic (exact) mass is 186 g/mol. The number of hydrogen-bond donors (Lipinski definition) is 1. The normalized spacial score (nSPS) is 11.5. The third-order valence-electron chi connectivity index (χ3n) is 2.62. The summed E-state index contributed by atoms with van der Waals surface area (Å²) in [5.41, 5.74) is 2.76. The molecule has 0 atom stereocenters. The number of nitrogen functional groups attached to an aromatic ring is 1. The van der Waals surface area contributed by atoms with Gasteiger partial charge in [0.2, 0.25) is 0 Å². The van der Waals surface area contributed by atoms with E-state index in [0.717, 1.165) is 27.6 Å². The summed E-state index contributed by atoms with van der Waals surface area (Å²) in [6.45, 7) is 1.95. The highest BCUT2D eigenvalue weighted by molar-refractivity contribution is 6.05. The van der Waals surface area contributed by atoms with Gasteiger partial charge in [-0.1, -0.05) is 18.2 Å². The Hall–Kier alpha value is -1.90. The largest absolute Gasteiger partial charge is 0.454 e. The number of para-hydroxylation sites is 1. The van der Waals surface area contributed by atoms with Gasteiger partial charge >= 0.3 is 0 Å². The Morgan fingerprint density at radius 3 is 2.86 bits per heavy atom. The van der Waals surface area contributed by atoms with Crippen molar-refractivity contribution in [2.45, 2.75) is 6.92 Å². The van der Waals surface area contributed by atoms with Crippen LogP contribution in [0.5, 0.6) is 0 Å². The van der Waals surface area contributed by atoms with Crippen LogP contribution in [0.2, 0.25) is 0 Å². The molecule has 0 aliphatic rings. The Morgan fingerprint density at radius 1 is 1.21 bits per heavy atom. The number of aryl methyl sites for hydroxylation is 1. The summed E-state index contributed by atoms with van der Waals surface area (Å²) in [7, 11) is 0. The second-order valence-corrected chi connectivity index (χ2v) is 3.46. The van der Waals surface area contributed by atoms with Gasteiger partial charge in [-0.05, 0) is 13.0 Å². The Morgan fingerprint density at radius 2 is 2.00 bits per heavy atom. The number of nitrogens with zero attached hydrogens (tertiary/aromatic N) is 1. The molecular formula is C11H10N2O. The molecule has 0 radical (unpaired) electrons. The van der Waals surface area contributed by atoms with Crippen LogP contribution in [0.3, 0.4) is 0 Å². The Labute approximate surface area is 80.7 Å². The lowest BCUT2D eigenvalue weighted by molar-refractivity contribution is 0.662. The Balaban J connectivity index is 2.60. The second kappa shape index (κ2) is 2.32. The van der Waals surface area contributed by atoms with E-state index in [9.17, 15) is 0 Å². The summed E-state index contributed by atoms with van der Waals surface area (Å²) in [5.74, 6) is 5.74. The van der Waals surface area contributed by atoms with Crippen molar-refractivity contribution >= 4 is 21.9 Å². The number of rotatable bonds is 0. The molecule has 0 unspecified atom stereocenters. The molecular weight excluding hydrogens is 176 g/mol. The molecule has 14 heavy (non-hydrogen) atoms. The molecule has 0 saturated carbocycles. The van der Waals surface area contributed by atoms with E-state index in [2.05, 4.69) is 0 Å². The molecule has 1 aromatic carbocycles. The van der Waals surface area contributed by atoms with Gasteiger partial charge in [0.05, 0.1) is 5.69 Å². The van der Waals surface area contributed by atoms with Crippen molar-refractivity contribution in [2.24, 2.45) is 0 Å². The molecule has 2 aromatic heterocycles. The molecule has 2 heterocycles. The maximum absolute atomic E-state index is 5.74. The number of nitrogens with two attached hydrogens (primary N) is 1. The molecule has 0 bridgehead atoms. The molecule has 0 aliphatic carbocycles. The maximum atomic E-state index is 5.74. The van der Waals surface area contributed by atoms with Crippen LogP contribution in [0.15, 0.2) is 34.9 Å². The summed E-state index contributed by atoms with van der Waals surface area (Å²) >= 11 is 0. The minimum Gasteiger partial charge on any atom is -0.454 e. The van der Waals surface area contributed by atoms with Crippen molar-refractivity contribution in [3.8, 4) is 0 Å². The average molecular weight is 186 g/mol. The minimum atomic E-state index is 0.883. The first-order valence-corrected chi connectivity index (χ1v) is 4.51. The number of hydrogen-bond acceptors (Lipinski definition) is 2. The Bertz CT molecular complexity index is 619. The van der Waals surface area contributed by atoms with Crippen LogP contribution < -0.4 is 5.84 Å². The zero-order valence-electron chi connectivity index (χ0n) is 7.82. The van der Waals surface area contributed by atoms with Gasteiger partial charge < -0.3 is 10.3 Å². The molecule has 3 rings (SSSR count). The van der Waals surface area contributed by atoms with Crippen molar-refractivity contribution in [3.05, 3.63) is 36.2 Å². The van der Waals surface area contributed by atoms with Gasteiger partial charge in [-0.2, -0.15) is 0 Å². The summed E-state index contributed by atoms with van der Waals surface area (Å²) in [4.78, 5) is 0. The van der Waals surface area contributed by atoms with Crippen LogP contribution in [0.1, 0.15) is 5.69 Å². The van der Waals surface area contributed by atoms with Crippen LogP contribution >= 0.6 is 0 Å². The minimum absolute atomic E-state index is 0.883. The van der Waals surface area contributed by atoms with Crippen molar-refractivity contribution in [1.29, 1.82) is 0 Å². The van der Waals surface area contributed by atoms with Crippen LogP contribution in [0.4, 0.5) is 0 Å². The van der Waals surface area contributed by atoms with E-state index in [1.54, 1.807) is 4.68 Å². The lowest BCUT2D eigenvalue weighted by atomic mass is 10.2. The van der Waals surface area contributed by atoms with Crippen molar-refractivity contribution < 1.29 is 4.42 Å². The average Bonchev–Trinajstić information content (AvgIpc) is 2.67. The predicted molar refractivity (Wildman–Crippen MR) is 56.6 cm³/mol. The zero-order valence-corrected chi connectivity index (χ0v) is 7.82. The van der Waals surface area contributed by atoms with Gasteiger partial charge in [0.1, 0.15) is 5.58 Å². The SMILES string of the molecule is Cc1c2oc3ccccc3c2cn1N. The van der Waals surface area contributed by atoms with Crippen LogP contribution in [0, 0.1) is 6.92 Å². The van der Waals surface area contributed by atoms with Gasteiger partial charge in [0.25, 0.3) is 0 Å². The standard InChI is InChI=1S/C11H10N2O/c1-7-11-9(6-13(7)12)8-4-2-3-5-10(8)14-11/h2-6H,12H2,1H3. The molecule has 0 amide bonds. The number of aromatic nitrogens is 1. The molecule has 2 N–H and O–H groups in total. The number of fused-ring (bicyclic) bond motifs is 3. The molecule has 0 fully saturated rings. The van der Waals surface area contributed by atoms with Crippen molar-refractivity contribution in [2.75, 3.05) is 5.84 Å². The summed E-state index contributed by atoms with van der Waals surface area (Å²) in [6.07, 6.45) is 1.90. The van der Waals surface area contributed by atoms with Gasteiger partial charge in [-0.3, -0.25) is 4.68 Å². The zero-order chi connectivity index (χ0) is 9.71. The van der Waals surface area contributed by atoms with Gasteiger partial charge in [-0.15, -0.1) is 0 Å². The highest BCUT2D eigenvalue weighted by Gasteiger charge is 2.11. The number of furan rings is 1. The molecule has 0 aliphatic heterocycles. The second-order valence-electron chi connectivity index (χ2n) is 3.46. The molecule has 70 valence electrons. The van der Waals surface area contributed by atoms with E-state index in [-0.39, 0.29) is 0 Å². The first-order chi connectivity index (χ1) is 6.77. The molecule has 3 aromatic rings. The third kappa shape index (κ3) is 0.763. The summed E-state index contributed by atoms with van der Waals surface area (Å²) < 4.78 is 7.30. The van der Waals surface area contributed by atoms with Gasteiger partial charge in [0.15, 0.2) is 5.58 Å². The molecule has 0 spiro atoms. The van der Waals surface area contributed by atoms with E-state index in [0.29, 0.717) is 0 Å². The maximum Gasteiger partial charge on any atom is 0.158 e. The first-order valence-electron chi connectivity index (χ1n) is 4.51. The molecule has 3 nitrogen and oxygen atoms in total. The van der Waals surface area contributed by atoms with E-state index < -0.39 is 0 Å². The fraction of sp³-hybridized carbons (Fsp3) is 0.0909. The van der Waals surface area contributed by atoms with Crippen LogP contribution in [-0.4, -0.2) is 4.68 Å². The highest BCUT2D eigenvalue weighted by Crippen LogP contribution is 2.30. The van der Waals surface area contributed by atoms with E-state index in [1.165, 1.54) is 0 Å². The van der Waals surface area contributed by atoms with Gasteiger partial charge in [0, 0.05) is 17.0 Å². The highest BCUT2D eigenvalue weighted by atomic mass is 16.3. The topological polar surface area (TPSA) is 44.1 Å². The smallest absolute Gasteiger partial charge is 0.158 e. The summed E-state index contributed by atoms with van der Waals surface area (Å²) in [5, 5.41) is 2.20. The van der Waals surface area contributed by atoms with E-state index in [1.807, 2.05) is 37.4 Å². The van der Waals surface area contributed by atoms with Crippen LogP contribution in [-0.2, 0) is 0 Å². The fourth-order valence-corrected chi connectivity index (χ4v) is 1.82. The third-order valence-corrected chi connectivity index (χ3v) is 2.62. The molecule has 0 saturated heterocycles. The van der Waals surface area contributed by atoms with Crippen LogP contribution in [0.25, 0.3) is 21.9 Å². The lowest BCUT2D eigenvalue weighted by Gasteiger charge is -1.93. The Kier molecular flexibility index (Phi) is 1.24. The number of benzene rings is 1. The first kappa shape index (κ1) is 7.50. The van der Waals surface area contributed by atoms with Gasteiger partial charge in [-0.25, -0.2) is 0 Å². The fourth-order valence-electron chi connectivity index (χ4n) is 1.82. The molecule has 3 heteroatoms. The van der Waals surface area contributed by atoms with E-state index in [4.69, 9.17) is 10.3 Å². The predicted octanol–water partition coefficient (Wildman–Crippen LogP) is 2.41. The lowest BCUT2D eigenvalue weighted by Crippen LogP contribution is -2.07.